The number of phenols is 2. The molecular formula is C10H7NO2. The molecule has 13 heavy (non-hydrogen) atoms. The van der Waals surface area contributed by atoms with Crippen LogP contribution >= 0.6 is 0 Å². The van der Waals surface area contributed by atoms with E-state index in [1.54, 1.807) is 6.07 Å². The Labute approximate surface area is 75.9 Å². The highest BCUT2D eigenvalue weighted by Crippen LogP contribution is 2.24. The average Bonchev–Trinajstić information content (AvgIpc) is 2.12. The summed E-state index contributed by atoms with van der Waals surface area (Å²) in [6.45, 7) is 0. The van der Waals surface area contributed by atoms with Gasteiger partial charge in [-0.2, -0.15) is 5.26 Å². The Bertz CT molecular complexity index is 407. The minimum Gasteiger partial charge on any atom is -0.504 e. The predicted octanol–water partition coefficient (Wildman–Crippen LogP) is 1.36. The van der Waals surface area contributed by atoms with Crippen molar-refractivity contribution in [1.82, 2.24) is 0 Å². The molecule has 3 heteroatoms. The zero-order valence-electron chi connectivity index (χ0n) is 6.78. The van der Waals surface area contributed by atoms with Crippen LogP contribution in [-0.2, 0) is 0 Å². The summed E-state index contributed by atoms with van der Waals surface area (Å²) in [6.07, 6.45) is 0.154. The molecule has 0 radical (unpaired) electrons. The van der Waals surface area contributed by atoms with Crippen LogP contribution in [0.5, 0.6) is 11.5 Å². The molecule has 1 aromatic carbocycles. The molecule has 0 fully saturated rings. The molecule has 1 aromatic rings. The minimum absolute atomic E-state index is 0.154. The summed E-state index contributed by atoms with van der Waals surface area (Å²) in [5.74, 6) is 4.88. The summed E-state index contributed by atoms with van der Waals surface area (Å²) < 4.78 is 0. The van der Waals surface area contributed by atoms with E-state index in [-0.39, 0.29) is 17.9 Å². The van der Waals surface area contributed by atoms with Gasteiger partial charge >= 0.3 is 0 Å². The van der Waals surface area contributed by atoms with Gasteiger partial charge in [-0.3, -0.25) is 0 Å². The van der Waals surface area contributed by atoms with Crippen molar-refractivity contribution in [3.63, 3.8) is 0 Å². The van der Waals surface area contributed by atoms with Crippen molar-refractivity contribution in [2.45, 2.75) is 6.42 Å². The first-order valence-electron chi connectivity index (χ1n) is 3.62. The zero-order chi connectivity index (χ0) is 9.68. The van der Waals surface area contributed by atoms with Gasteiger partial charge in [0.1, 0.15) is 0 Å². The van der Waals surface area contributed by atoms with Crippen molar-refractivity contribution in [1.29, 1.82) is 5.26 Å². The van der Waals surface area contributed by atoms with Crippen LogP contribution < -0.4 is 0 Å². The van der Waals surface area contributed by atoms with Crippen LogP contribution in [0.15, 0.2) is 18.2 Å². The molecule has 3 nitrogen and oxygen atoms in total. The Morgan fingerprint density at radius 3 is 2.62 bits per heavy atom. The zero-order valence-corrected chi connectivity index (χ0v) is 6.78. The van der Waals surface area contributed by atoms with Gasteiger partial charge in [0.25, 0.3) is 0 Å². The maximum absolute atomic E-state index is 9.07. The van der Waals surface area contributed by atoms with Gasteiger partial charge in [0, 0.05) is 5.56 Å². The average molecular weight is 173 g/mol. The molecule has 0 bridgehead atoms. The fourth-order valence-electron chi connectivity index (χ4n) is 0.787. The lowest BCUT2D eigenvalue weighted by atomic mass is 10.2. The number of phenolic OH excluding ortho intramolecular Hbond substituents is 2. The van der Waals surface area contributed by atoms with Gasteiger partial charge < -0.3 is 10.2 Å². The van der Waals surface area contributed by atoms with Crippen molar-refractivity contribution in [3.05, 3.63) is 23.8 Å². The molecule has 0 atom stereocenters. The highest BCUT2D eigenvalue weighted by atomic mass is 16.3. The van der Waals surface area contributed by atoms with Crippen molar-refractivity contribution < 1.29 is 10.2 Å². The Kier molecular flexibility index (Phi) is 2.78. The molecule has 0 unspecified atom stereocenters. The van der Waals surface area contributed by atoms with Crippen molar-refractivity contribution >= 4 is 0 Å². The van der Waals surface area contributed by atoms with Gasteiger partial charge in [-0.15, -0.1) is 0 Å². The fourth-order valence-corrected chi connectivity index (χ4v) is 0.787. The second-order valence-corrected chi connectivity index (χ2v) is 2.34. The highest BCUT2D eigenvalue weighted by molar-refractivity contribution is 5.46. The standard InChI is InChI=1S/C10H7NO2/c11-6-2-1-3-8-4-5-9(12)10(13)7-8/h4-5,7,12-13H,2H2. The lowest BCUT2D eigenvalue weighted by Gasteiger charge is -1.95. The summed E-state index contributed by atoms with van der Waals surface area (Å²) in [5.41, 5.74) is 0.575. The summed E-state index contributed by atoms with van der Waals surface area (Å²) in [7, 11) is 0. The molecule has 0 aromatic heterocycles. The van der Waals surface area contributed by atoms with Crippen LogP contribution in [0.3, 0.4) is 0 Å². The van der Waals surface area contributed by atoms with Gasteiger partial charge in [0.05, 0.1) is 12.5 Å². The van der Waals surface area contributed by atoms with Crippen molar-refractivity contribution in [2.75, 3.05) is 0 Å². The normalized spacial score (nSPS) is 8.23. The van der Waals surface area contributed by atoms with Crippen LogP contribution in [0.4, 0.5) is 0 Å². The van der Waals surface area contributed by atoms with E-state index in [1.807, 2.05) is 6.07 Å². The fraction of sp³-hybridized carbons (Fsp3) is 0.100. The first-order chi connectivity index (χ1) is 6.24. The second-order valence-electron chi connectivity index (χ2n) is 2.34. The lowest BCUT2D eigenvalue weighted by Crippen LogP contribution is -1.74. The number of hydrogen-bond donors (Lipinski definition) is 2. The molecule has 0 aliphatic rings. The Balaban J connectivity index is 2.89. The number of aromatic hydroxyl groups is 2. The molecular weight excluding hydrogens is 166 g/mol. The topological polar surface area (TPSA) is 64.2 Å². The third-order valence-electron chi connectivity index (χ3n) is 1.38. The predicted molar refractivity (Wildman–Crippen MR) is 46.9 cm³/mol. The van der Waals surface area contributed by atoms with Gasteiger partial charge in [-0.25, -0.2) is 0 Å². The maximum atomic E-state index is 9.07. The maximum Gasteiger partial charge on any atom is 0.158 e. The first-order valence-corrected chi connectivity index (χ1v) is 3.62. The van der Waals surface area contributed by atoms with Gasteiger partial charge in [0.15, 0.2) is 11.5 Å². The van der Waals surface area contributed by atoms with Gasteiger partial charge in [-0.05, 0) is 18.2 Å². The van der Waals surface area contributed by atoms with E-state index >= 15 is 0 Å². The third kappa shape index (κ3) is 2.43. The molecule has 0 spiro atoms. The van der Waals surface area contributed by atoms with Crippen LogP contribution in [-0.4, -0.2) is 10.2 Å². The Hall–Kier alpha value is -2.13. The summed E-state index contributed by atoms with van der Waals surface area (Å²) in [6, 6.07) is 6.15. The molecule has 1 rings (SSSR count). The lowest BCUT2D eigenvalue weighted by molar-refractivity contribution is 0.403. The van der Waals surface area contributed by atoms with Crippen LogP contribution in [0.1, 0.15) is 12.0 Å². The number of nitrogens with zero attached hydrogens (tertiary/aromatic N) is 1. The summed E-state index contributed by atoms with van der Waals surface area (Å²) in [5, 5.41) is 26.2. The monoisotopic (exact) mass is 173 g/mol. The van der Waals surface area contributed by atoms with E-state index < -0.39 is 0 Å². The van der Waals surface area contributed by atoms with Crippen molar-refractivity contribution in [2.24, 2.45) is 0 Å². The van der Waals surface area contributed by atoms with Gasteiger partial charge in [0.2, 0.25) is 0 Å². The van der Waals surface area contributed by atoms with Crippen molar-refractivity contribution in [3.8, 4) is 29.4 Å². The highest BCUT2D eigenvalue weighted by Gasteiger charge is 1.97. The van der Waals surface area contributed by atoms with E-state index in [0.29, 0.717) is 5.56 Å². The number of nitriles is 1. The number of benzene rings is 1. The van der Waals surface area contributed by atoms with Gasteiger partial charge in [-0.1, -0.05) is 11.8 Å². The third-order valence-corrected chi connectivity index (χ3v) is 1.38. The molecule has 0 amide bonds. The summed E-state index contributed by atoms with van der Waals surface area (Å²) in [4.78, 5) is 0. The number of hydrogen-bond acceptors (Lipinski definition) is 3. The molecule has 0 saturated carbocycles. The van der Waals surface area contributed by atoms with Crippen LogP contribution in [0, 0.1) is 23.2 Å². The van der Waals surface area contributed by atoms with Crippen LogP contribution in [0.2, 0.25) is 0 Å². The SMILES string of the molecule is N#CCC#Cc1ccc(O)c(O)c1. The van der Waals surface area contributed by atoms with E-state index in [1.165, 1.54) is 12.1 Å². The van der Waals surface area contributed by atoms with E-state index in [9.17, 15) is 0 Å². The quantitative estimate of drug-likeness (QED) is 0.460. The summed E-state index contributed by atoms with van der Waals surface area (Å²) >= 11 is 0. The smallest absolute Gasteiger partial charge is 0.158 e. The van der Waals surface area contributed by atoms with Crippen LogP contribution in [0.25, 0.3) is 0 Å². The molecule has 0 aliphatic heterocycles. The minimum atomic E-state index is -0.205. The number of rotatable bonds is 0. The van der Waals surface area contributed by atoms with E-state index in [2.05, 4.69) is 11.8 Å². The molecule has 0 heterocycles. The Morgan fingerprint density at radius 1 is 1.23 bits per heavy atom. The van der Waals surface area contributed by atoms with E-state index in [4.69, 9.17) is 15.5 Å². The largest absolute Gasteiger partial charge is 0.504 e. The first kappa shape index (κ1) is 8.96. The second kappa shape index (κ2) is 4.04. The molecule has 2 N–H and O–H groups in total. The molecule has 64 valence electrons. The Morgan fingerprint density at radius 2 is 2.00 bits per heavy atom. The molecule has 0 saturated heterocycles. The molecule has 0 aliphatic carbocycles. The van der Waals surface area contributed by atoms with E-state index in [0.717, 1.165) is 0 Å².